The molecule has 25 heavy (non-hydrogen) atoms. The smallest absolute Gasteiger partial charge is 0.226 e. The molecule has 0 unspecified atom stereocenters. The van der Waals surface area contributed by atoms with Crippen LogP contribution in [0.2, 0.25) is 0 Å². The number of piperidine rings is 1. The number of nitrogens with zero attached hydrogens (tertiary/aromatic N) is 1. The first-order valence-corrected chi connectivity index (χ1v) is 9.45. The fraction of sp³-hybridized carbons (Fsp3) is 0.600. The molecule has 1 heterocycles. The van der Waals surface area contributed by atoms with Gasteiger partial charge in [0.15, 0.2) is 0 Å². The molecule has 0 bridgehead atoms. The molecule has 1 aromatic rings. The second-order valence-electron chi connectivity index (χ2n) is 7.80. The van der Waals surface area contributed by atoms with Gasteiger partial charge in [0.1, 0.15) is 5.82 Å². The fourth-order valence-electron chi connectivity index (χ4n) is 3.74. The van der Waals surface area contributed by atoms with Crippen molar-refractivity contribution in [2.24, 2.45) is 17.8 Å². The average Bonchev–Trinajstić information content (AvgIpc) is 3.53. The maximum Gasteiger partial charge on any atom is 0.226 e. The Hall–Kier alpha value is -1.91. The van der Waals surface area contributed by atoms with Crippen LogP contribution in [0.15, 0.2) is 24.3 Å². The molecule has 0 radical (unpaired) electrons. The number of hydrogen-bond acceptors (Lipinski definition) is 2. The van der Waals surface area contributed by atoms with E-state index < -0.39 is 0 Å². The third kappa shape index (κ3) is 3.86. The molecular formula is C20H25FN2O2. The van der Waals surface area contributed by atoms with Gasteiger partial charge in [-0.2, -0.15) is 0 Å². The number of rotatable bonds is 5. The first kappa shape index (κ1) is 16.6. The Morgan fingerprint density at radius 1 is 1.00 bits per heavy atom. The van der Waals surface area contributed by atoms with Gasteiger partial charge in [-0.25, -0.2) is 4.39 Å². The fourth-order valence-corrected chi connectivity index (χ4v) is 3.74. The van der Waals surface area contributed by atoms with Crippen molar-refractivity contribution in [2.75, 3.05) is 13.1 Å². The maximum atomic E-state index is 13.2. The third-order valence-corrected chi connectivity index (χ3v) is 5.68. The maximum absolute atomic E-state index is 13.2. The standard InChI is InChI=1S/C20H25FN2O2/c21-17-8-5-14(6-9-17)18-10-7-16(19(24)22-11-13-1-2-13)12-23(18)20(25)15-3-4-15/h5-6,8-9,13,15-16,18H,1-4,7,10-12H2,(H,22,24)/t16-,18+/m0/s1. The minimum Gasteiger partial charge on any atom is -0.356 e. The molecule has 3 aliphatic rings. The first-order valence-electron chi connectivity index (χ1n) is 9.45. The Balaban J connectivity index is 1.47. The van der Waals surface area contributed by atoms with Gasteiger partial charge in [-0.05, 0) is 62.1 Å². The van der Waals surface area contributed by atoms with Crippen molar-refractivity contribution in [3.05, 3.63) is 35.6 Å². The number of benzene rings is 1. The number of nitrogens with one attached hydrogen (secondary N) is 1. The van der Waals surface area contributed by atoms with E-state index in [4.69, 9.17) is 0 Å². The van der Waals surface area contributed by atoms with Crippen molar-refractivity contribution in [2.45, 2.75) is 44.6 Å². The van der Waals surface area contributed by atoms with Crippen molar-refractivity contribution in [3.8, 4) is 0 Å². The van der Waals surface area contributed by atoms with Crippen molar-refractivity contribution in [1.82, 2.24) is 10.2 Å². The van der Waals surface area contributed by atoms with Crippen LogP contribution in [0.25, 0.3) is 0 Å². The zero-order valence-corrected chi connectivity index (χ0v) is 14.4. The molecule has 2 atom stereocenters. The molecule has 4 rings (SSSR count). The van der Waals surface area contributed by atoms with Gasteiger partial charge in [-0.15, -0.1) is 0 Å². The molecule has 0 aromatic heterocycles. The van der Waals surface area contributed by atoms with Crippen LogP contribution < -0.4 is 5.32 Å². The number of carbonyl (C=O) groups excluding carboxylic acids is 2. The highest BCUT2D eigenvalue weighted by molar-refractivity contribution is 5.84. The van der Waals surface area contributed by atoms with Gasteiger partial charge < -0.3 is 10.2 Å². The van der Waals surface area contributed by atoms with E-state index >= 15 is 0 Å². The third-order valence-electron chi connectivity index (χ3n) is 5.68. The molecular weight excluding hydrogens is 319 g/mol. The Labute approximate surface area is 147 Å². The van der Waals surface area contributed by atoms with Gasteiger partial charge in [-0.3, -0.25) is 9.59 Å². The van der Waals surface area contributed by atoms with Gasteiger partial charge in [0.05, 0.1) is 12.0 Å². The molecule has 1 aromatic carbocycles. The van der Waals surface area contributed by atoms with E-state index in [2.05, 4.69) is 5.32 Å². The SMILES string of the molecule is O=C(NCC1CC1)[C@H]1CC[C@H](c2ccc(F)cc2)N(C(=O)C2CC2)C1. The summed E-state index contributed by atoms with van der Waals surface area (Å²) in [4.78, 5) is 27.1. The van der Waals surface area contributed by atoms with Crippen LogP contribution in [0.5, 0.6) is 0 Å². The van der Waals surface area contributed by atoms with E-state index in [-0.39, 0.29) is 35.5 Å². The number of halogens is 1. The van der Waals surface area contributed by atoms with Crippen LogP contribution >= 0.6 is 0 Å². The molecule has 2 saturated carbocycles. The van der Waals surface area contributed by atoms with Gasteiger partial charge in [-0.1, -0.05) is 12.1 Å². The van der Waals surface area contributed by atoms with Crippen molar-refractivity contribution < 1.29 is 14.0 Å². The molecule has 1 saturated heterocycles. The molecule has 2 amide bonds. The van der Waals surface area contributed by atoms with Crippen LogP contribution in [0, 0.1) is 23.6 Å². The summed E-state index contributed by atoms with van der Waals surface area (Å²) in [7, 11) is 0. The van der Waals surface area contributed by atoms with Gasteiger partial charge in [0, 0.05) is 19.0 Å². The largest absolute Gasteiger partial charge is 0.356 e. The lowest BCUT2D eigenvalue weighted by atomic mass is 9.88. The molecule has 5 heteroatoms. The molecule has 1 aliphatic heterocycles. The van der Waals surface area contributed by atoms with Crippen molar-refractivity contribution >= 4 is 11.8 Å². The van der Waals surface area contributed by atoms with E-state index in [0.717, 1.165) is 37.8 Å². The van der Waals surface area contributed by atoms with Crippen molar-refractivity contribution in [3.63, 3.8) is 0 Å². The Bertz CT molecular complexity index is 652. The number of amides is 2. The highest BCUT2D eigenvalue weighted by atomic mass is 19.1. The van der Waals surface area contributed by atoms with Crippen LogP contribution in [0.1, 0.15) is 50.1 Å². The van der Waals surface area contributed by atoms with E-state index in [0.29, 0.717) is 12.5 Å². The number of likely N-dealkylation sites (tertiary alicyclic amines) is 1. The molecule has 0 spiro atoms. The Morgan fingerprint density at radius 3 is 2.32 bits per heavy atom. The minimum absolute atomic E-state index is 0.0406. The predicted octanol–water partition coefficient (Wildman–Crippen LogP) is 3.04. The topological polar surface area (TPSA) is 49.4 Å². The van der Waals surface area contributed by atoms with Crippen LogP contribution in [-0.2, 0) is 9.59 Å². The predicted molar refractivity (Wildman–Crippen MR) is 92.0 cm³/mol. The van der Waals surface area contributed by atoms with Gasteiger partial charge in [0.25, 0.3) is 0 Å². The molecule has 3 fully saturated rings. The molecule has 4 nitrogen and oxygen atoms in total. The summed E-state index contributed by atoms with van der Waals surface area (Å²) in [6, 6.07) is 6.38. The van der Waals surface area contributed by atoms with E-state index in [1.54, 1.807) is 12.1 Å². The summed E-state index contributed by atoms with van der Waals surface area (Å²) < 4.78 is 13.2. The monoisotopic (exact) mass is 344 g/mol. The second kappa shape index (κ2) is 6.77. The summed E-state index contributed by atoms with van der Waals surface area (Å²) in [6.45, 7) is 1.25. The number of carbonyl (C=O) groups is 2. The van der Waals surface area contributed by atoms with Crippen molar-refractivity contribution in [1.29, 1.82) is 0 Å². The lowest BCUT2D eigenvalue weighted by molar-refractivity contribution is -0.140. The summed E-state index contributed by atoms with van der Waals surface area (Å²) in [5.41, 5.74) is 0.965. The second-order valence-corrected chi connectivity index (χ2v) is 7.80. The van der Waals surface area contributed by atoms with E-state index in [1.165, 1.54) is 25.0 Å². The van der Waals surface area contributed by atoms with E-state index in [1.807, 2.05) is 4.90 Å². The lowest BCUT2D eigenvalue weighted by Crippen LogP contribution is -2.47. The lowest BCUT2D eigenvalue weighted by Gasteiger charge is -2.39. The average molecular weight is 344 g/mol. The zero-order valence-electron chi connectivity index (χ0n) is 14.4. The van der Waals surface area contributed by atoms with Gasteiger partial charge >= 0.3 is 0 Å². The molecule has 2 aliphatic carbocycles. The summed E-state index contributed by atoms with van der Waals surface area (Å²) >= 11 is 0. The quantitative estimate of drug-likeness (QED) is 0.892. The Kier molecular flexibility index (Phi) is 4.48. The number of hydrogen-bond donors (Lipinski definition) is 1. The van der Waals surface area contributed by atoms with Crippen LogP contribution in [0.4, 0.5) is 4.39 Å². The normalized spacial score (nSPS) is 26.4. The zero-order chi connectivity index (χ0) is 17.4. The summed E-state index contributed by atoms with van der Waals surface area (Å²) in [5.74, 6) is 0.627. The molecule has 1 N–H and O–H groups in total. The van der Waals surface area contributed by atoms with Gasteiger partial charge in [0.2, 0.25) is 11.8 Å². The minimum atomic E-state index is -0.267. The first-order chi connectivity index (χ1) is 12.1. The summed E-state index contributed by atoms with van der Waals surface area (Å²) in [5, 5.41) is 3.05. The van der Waals surface area contributed by atoms with Crippen LogP contribution in [-0.4, -0.2) is 29.8 Å². The molecule has 134 valence electrons. The highest BCUT2D eigenvalue weighted by Crippen LogP contribution is 2.39. The summed E-state index contributed by atoms with van der Waals surface area (Å²) in [6.07, 6.45) is 5.85. The Morgan fingerprint density at radius 2 is 1.68 bits per heavy atom. The highest BCUT2D eigenvalue weighted by Gasteiger charge is 2.41. The van der Waals surface area contributed by atoms with Crippen LogP contribution in [0.3, 0.4) is 0 Å². The van der Waals surface area contributed by atoms with E-state index in [9.17, 15) is 14.0 Å².